The van der Waals surface area contributed by atoms with Crippen LogP contribution < -0.4 is 10.6 Å². The fourth-order valence-corrected chi connectivity index (χ4v) is 4.21. The number of halogens is 1. The molecule has 7 nitrogen and oxygen atoms in total. The molecule has 0 radical (unpaired) electrons. The summed E-state index contributed by atoms with van der Waals surface area (Å²) < 4.78 is 0. The fourth-order valence-electron chi connectivity index (χ4n) is 4.05. The molecule has 31 heavy (non-hydrogen) atoms. The van der Waals surface area contributed by atoms with Gasteiger partial charge in [0.1, 0.15) is 5.15 Å². The quantitative estimate of drug-likeness (QED) is 0.645. The van der Waals surface area contributed by atoms with Crippen LogP contribution in [0, 0.1) is 11.3 Å². The SMILES string of the molecule is CNC(=O)c1cc(Cl)ncc1NC(=O)C1(c2ccccc2C(C)C)CN(CCC#N)C1. The summed E-state index contributed by atoms with van der Waals surface area (Å²) in [7, 11) is 1.52. The number of aromatic nitrogens is 1. The summed E-state index contributed by atoms with van der Waals surface area (Å²) in [5.41, 5.74) is 1.86. The van der Waals surface area contributed by atoms with Crippen molar-refractivity contribution in [3.8, 4) is 6.07 Å². The fraction of sp³-hybridized carbons (Fsp3) is 0.391. The Labute approximate surface area is 187 Å². The van der Waals surface area contributed by atoms with Gasteiger partial charge in [0.15, 0.2) is 0 Å². The normalized spacial score (nSPS) is 15.1. The van der Waals surface area contributed by atoms with Crippen LogP contribution in [0.2, 0.25) is 5.15 Å². The van der Waals surface area contributed by atoms with Gasteiger partial charge in [0.05, 0.1) is 28.9 Å². The van der Waals surface area contributed by atoms with E-state index in [0.29, 0.717) is 31.7 Å². The van der Waals surface area contributed by atoms with Crippen LogP contribution in [-0.2, 0) is 10.2 Å². The van der Waals surface area contributed by atoms with E-state index >= 15 is 0 Å². The van der Waals surface area contributed by atoms with Crippen LogP contribution >= 0.6 is 11.6 Å². The van der Waals surface area contributed by atoms with Crippen LogP contribution in [0.25, 0.3) is 0 Å². The van der Waals surface area contributed by atoms with Crippen LogP contribution in [0.4, 0.5) is 5.69 Å². The minimum absolute atomic E-state index is 0.169. The lowest BCUT2D eigenvalue weighted by Gasteiger charge is -2.50. The van der Waals surface area contributed by atoms with E-state index in [1.165, 1.54) is 19.3 Å². The van der Waals surface area contributed by atoms with Crippen molar-refractivity contribution < 1.29 is 9.59 Å². The number of carbonyl (C=O) groups excluding carboxylic acids is 2. The third kappa shape index (κ3) is 4.55. The molecule has 1 aromatic heterocycles. The lowest BCUT2D eigenvalue weighted by atomic mass is 9.69. The summed E-state index contributed by atoms with van der Waals surface area (Å²) in [5.74, 6) is -0.323. The van der Waals surface area contributed by atoms with Crippen LogP contribution in [-0.4, -0.2) is 48.4 Å². The number of amides is 2. The van der Waals surface area contributed by atoms with Gasteiger partial charge in [-0.25, -0.2) is 4.98 Å². The number of benzene rings is 1. The van der Waals surface area contributed by atoms with Crippen molar-refractivity contribution in [3.05, 3.63) is 58.4 Å². The van der Waals surface area contributed by atoms with Gasteiger partial charge >= 0.3 is 0 Å². The van der Waals surface area contributed by atoms with Gasteiger partial charge in [-0.2, -0.15) is 5.26 Å². The number of pyridine rings is 1. The first-order valence-electron chi connectivity index (χ1n) is 10.2. The number of hydrogen-bond donors (Lipinski definition) is 2. The highest BCUT2D eigenvalue weighted by atomic mass is 35.5. The van der Waals surface area contributed by atoms with Crippen molar-refractivity contribution in [1.82, 2.24) is 15.2 Å². The van der Waals surface area contributed by atoms with Gasteiger partial charge in [-0.05, 0) is 23.1 Å². The summed E-state index contributed by atoms with van der Waals surface area (Å²) in [6.45, 7) is 5.81. The predicted molar refractivity (Wildman–Crippen MR) is 120 cm³/mol. The smallest absolute Gasteiger partial charge is 0.253 e. The summed E-state index contributed by atoms with van der Waals surface area (Å²) in [6, 6.07) is 11.6. The predicted octanol–water partition coefficient (Wildman–Crippen LogP) is 3.32. The van der Waals surface area contributed by atoms with Gasteiger partial charge in [-0.1, -0.05) is 49.7 Å². The van der Waals surface area contributed by atoms with E-state index in [2.05, 4.69) is 40.4 Å². The number of anilines is 1. The molecule has 1 aromatic carbocycles. The highest BCUT2D eigenvalue weighted by Crippen LogP contribution is 2.40. The Hall–Kier alpha value is -2.95. The van der Waals surface area contributed by atoms with E-state index in [1.807, 2.05) is 24.3 Å². The molecule has 0 aliphatic carbocycles. The molecular formula is C23H26ClN5O2. The van der Waals surface area contributed by atoms with Gasteiger partial charge in [0.25, 0.3) is 5.91 Å². The highest BCUT2D eigenvalue weighted by Gasteiger charge is 2.51. The van der Waals surface area contributed by atoms with Crippen LogP contribution in [0.3, 0.4) is 0 Å². The molecule has 2 amide bonds. The molecule has 0 saturated carbocycles. The third-order valence-corrected chi connectivity index (χ3v) is 5.86. The maximum Gasteiger partial charge on any atom is 0.253 e. The molecule has 0 bridgehead atoms. The van der Waals surface area contributed by atoms with Gasteiger partial charge in [0, 0.05) is 33.1 Å². The van der Waals surface area contributed by atoms with E-state index in [1.54, 1.807) is 0 Å². The molecule has 1 aliphatic rings. The van der Waals surface area contributed by atoms with Crippen LogP contribution in [0.15, 0.2) is 36.5 Å². The lowest BCUT2D eigenvalue weighted by Crippen LogP contribution is -2.65. The number of hydrogen-bond acceptors (Lipinski definition) is 5. The van der Waals surface area contributed by atoms with E-state index in [4.69, 9.17) is 16.9 Å². The molecule has 2 aromatic rings. The second-order valence-electron chi connectivity index (χ2n) is 8.03. The molecule has 2 N–H and O–H groups in total. The standard InChI is InChI=1S/C23H26ClN5O2/c1-15(2)16-7-4-5-8-18(16)23(13-29(14-23)10-6-9-25)22(31)28-19-12-27-20(24)11-17(19)21(30)26-3/h4-5,7-8,11-12,15H,6,10,13-14H2,1-3H3,(H,26,30)(H,28,31). The van der Waals surface area contributed by atoms with E-state index in [-0.39, 0.29) is 28.4 Å². The average Bonchev–Trinajstić information content (AvgIpc) is 2.73. The Bertz CT molecular complexity index is 1020. The van der Waals surface area contributed by atoms with Crippen LogP contribution in [0.1, 0.15) is 47.7 Å². The Balaban J connectivity index is 1.98. The number of carbonyl (C=O) groups is 2. The van der Waals surface area contributed by atoms with Crippen molar-refractivity contribution in [1.29, 1.82) is 5.26 Å². The molecule has 1 fully saturated rings. The lowest BCUT2D eigenvalue weighted by molar-refractivity contribution is -0.128. The van der Waals surface area contributed by atoms with E-state index < -0.39 is 5.41 Å². The Kier molecular flexibility index (Phi) is 6.94. The van der Waals surface area contributed by atoms with Crippen LogP contribution in [0.5, 0.6) is 0 Å². The first-order chi connectivity index (χ1) is 14.8. The van der Waals surface area contributed by atoms with Crippen molar-refractivity contribution in [2.75, 3.05) is 32.0 Å². The molecular weight excluding hydrogens is 414 g/mol. The molecule has 1 saturated heterocycles. The number of nitrogens with one attached hydrogen (secondary N) is 2. The summed E-state index contributed by atoms with van der Waals surface area (Å²) >= 11 is 5.97. The molecule has 8 heteroatoms. The second-order valence-corrected chi connectivity index (χ2v) is 8.42. The Morgan fingerprint density at radius 1 is 1.32 bits per heavy atom. The molecule has 1 aliphatic heterocycles. The second kappa shape index (κ2) is 9.46. The Morgan fingerprint density at radius 2 is 2.03 bits per heavy atom. The number of rotatable bonds is 7. The minimum Gasteiger partial charge on any atom is -0.355 e. The van der Waals surface area contributed by atoms with E-state index in [9.17, 15) is 9.59 Å². The van der Waals surface area contributed by atoms with E-state index in [0.717, 1.165) is 11.1 Å². The summed E-state index contributed by atoms with van der Waals surface area (Å²) in [5, 5.41) is 14.6. The monoisotopic (exact) mass is 439 g/mol. The molecule has 0 unspecified atom stereocenters. The molecule has 0 spiro atoms. The minimum atomic E-state index is -0.782. The van der Waals surface area contributed by atoms with Gasteiger partial charge in [0.2, 0.25) is 5.91 Å². The van der Waals surface area contributed by atoms with Gasteiger partial charge in [-0.3, -0.25) is 14.5 Å². The first kappa shape index (κ1) is 22.7. The number of likely N-dealkylation sites (tertiary alicyclic amines) is 1. The highest BCUT2D eigenvalue weighted by molar-refractivity contribution is 6.30. The van der Waals surface area contributed by atoms with Crippen molar-refractivity contribution >= 4 is 29.1 Å². The summed E-state index contributed by atoms with van der Waals surface area (Å²) in [6.07, 6.45) is 1.81. The zero-order chi connectivity index (χ0) is 22.6. The maximum atomic E-state index is 13.7. The Morgan fingerprint density at radius 3 is 2.68 bits per heavy atom. The van der Waals surface area contributed by atoms with Crippen molar-refractivity contribution in [2.45, 2.75) is 31.6 Å². The largest absolute Gasteiger partial charge is 0.355 e. The molecule has 0 atom stereocenters. The maximum absolute atomic E-state index is 13.7. The number of nitriles is 1. The van der Waals surface area contributed by atoms with Crippen molar-refractivity contribution in [2.24, 2.45) is 0 Å². The zero-order valence-electron chi connectivity index (χ0n) is 17.9. The van der Waals surface area contributed by atoms with Crippen molar-refractivity contribution in [3.63, 3.8) is 0 Å². The first-order valence-corrected chi connectivity index (χ1v) is 10.6. The number of nitrogens with zero attached hydrogens (tertiary/aromatic N) is 3. The van der Waals surface area contributed by atoms with Gasteiger partial charge < -0.3 is 10.6 Å². The molecule has 162 valence electrons. The van der Waals surface area contributed by atoms with Gasteiger partial charge in [-0.15, -0.1) is 0 Å². The summed E-state index contributed by atoms with van der Waals surface area (Å²) in [4.78, 5) is 32.1. The molecule has 3 rings (SSSR count). The molecule has 2 heterocycles. The average molecular weight is 440 g/mol. The topological polar surface area (TPSA) is 98.1 Å². The third-order valence-electron chi connectivity index (χ3n) is 5.65. The zero-order valence-corrected chi connectivity index (χ0v) is 18.7.